The van der Waals surface area contributed by atoms with Crippen LogP contribution >= 0.6 is 0 Å². The molecule has 6 heteroatoms. The van der Waals surface area contributed by atoms with Gasteiger partial charge in [-0.1, -0.05) is 18.2 Å². The summed E-state index contributed by atoms with van der Waals surface area (Å²) in [4.78, 5) is 24.9. The number of hydrogen-bond donors (Lipinski definition) is 3. The Balaban J connectivity index is 1.53. The van der Waals surface area contributed by atoms with E-state index in [1.54, 1.807) is 12.2 Å². The van der Waals surface area contributed by atoms with Gasteiger partial charge >= 0.3 is 0 Å². The molecule has 0 aromatic carbocycles. The lowest BCUT2D eigenvalue weighted by Gasteiger charge is -2.20. The average molecular weight is 331 g/mol. The van der Waals surface area contributed by atoms with Crippen LogP contribution in [0.2, 0.25) is 0 Å². The zero-order chi connectivity index (χ0) is 17.2. The van der Waals surface area contributed by atoms with Crippen molar-refractivity contribution in [3.8, 4) is 0 Å². The Morgan fingerprint density at radius 3 is 2.67 bits per heavy atom. The molecule has 0 heterocycles. The highest BCUT2D eigenvalue weighted by Crippen LogP contribution is 2.46. The number of nitrogens with one attached hydrogen (secondary N) is 2. The Bertz CT molecular complexity index is 659. The van der Waals surface area contributed by atoms with Gasteiger partial charge in [-0.2, -0.15) is 0 Å². The molecule has 0 spiro atoms. The van der Waals surface area contributed by atoms with Crippen molar-refractivity contribution in [2.75, 3.05) is 6.54 Å². The Morgan fingerprint density at radius 1 is 1.25 bits per heavy atom. The fourth-order valence-electron chi connectivity index (χ4n) is 2.93. The second-order valence-corrected chi connectivity index (χ2v) is 6.58. The molecule has 4 N–H and O–H groups in total. The van der Waals surface area contributed by atoms with E-state index in [4.69, 9.17) is 5.73 Å². The van der Waals surface area contributed by atoms with Crippen molar-refractivity contribution in [1.29, 1.82) is 0 Å². The van der Waals surface area contributed by atoms with Crippen LogP contribution in [-0.2, 0) is 9.59 Å². The number of amides is 2. The van der Waals surface area contributed by atoms with Gasteiger partial charge in [-0.3, -0.25) is 9.59 Å². The third kappa shape index (κ3) is 3.58. The first-order chi connectivity index (χ1) is 11.5. The van der Waals surface area contributed by atoms with E-state index in [9.17, 15) is 14.0 Å². The Hall–Kier alpha value is -2.37. The van der Waals surface area contributed by atoms with Crippen LogP contribution in [0.1, 0.15) is 25.7 Å². The minimum absolute atomic E-state index is 0.156. The maximum Gasteiger partial charge on any atom is 0.240 e. The summed E-state index contributed by atoms with van der Waals surface area (Å²) >= 11 is 0. The quantitative estimate of drug-likeness (QED) is 0.669. The van der Waals surface area contributed by atoms with Crippen LogP contribution in [0.25, 0.3) is 0 Å². The third-order valence-corrected chi connectivity index (χ3v) is 4.63. The molecule has 5 nitrogen and oxygen atoms in total. The molecule has 1 fully saturated rings. The summed E-state index contributed by atoms with van der Waals surface area (Å²) in [5.74, 6) is -0.402. The van der Waals surface area contributed by atoms with E-state index in [-0.39, 0.29) is 24.2 Å². The highest BCUT2D eigenvalue weighted by molar-refractivity contribution is 6.08. The second-order valence-electron chi connectivity index (χ2n) is 6.58. The van der Waals surface area contributed by atoms with E-state index < -0.39 is 11.6 Å². The predicted molar refractivity (Wildman–Crippen MR) is 89.1 cm³/mol. The van der Waals surface area contributed by atoms with E-state index in [2.05, 4.69) is 10.6 Å². The summed E-state index contributed by atoms with van der Waals surface area (Å²) in [6.07, 6.45) is 11.5. The average Bonchev–Trinajstić information content (AvgIpc) is 3.37. The molecule has 0 saturated heterocycles. The summed E-state index contributed by atoms with van der Waals surface area (Å²) in [5, 5.41) is 5.60. The van der Waals surface area contributed by atoms with Gasteiger partial charge < -0.3 is 16.4 Å². The normalized spacial score (nSPS) is 27.0. The topological polar surface area (TPSA) is 84.2 Å². The van der Waals surface area contributed by atoms with Crippen molar-refractivity contribution >= 4 is 11.8 Å². The van der Waals surface area contributed by atoms with E-state index in [1.165, 1.54) is 6.08 Å². The first kappa shape index (κ1) is 16.5. The van der Waals surface area contributed by atoms with Gasteiger partial charge in [0, 0.05) is 24.4 Å². The molecule has 2 unspecified atom stereocenters. The number of halogens is 1. The molecule has 0 aromatic heterocycles. The van der Waals surface area contributed by atoms with Crippen molar-refractivity contribution in [1.82, 2.24) is 10.6 Å². The van der Waals surface area contributed by atoms with Crippen molar-refractivity contribution < 1.29 is 14.0 Å². The molecule has 3 aliphatic carbocycles. The van der Waals surface area contributed by atoms with Crippen LogP contribution in [0, 0.1) is 11.3 Å². The summed E-state index contributed by atoms with van der Waals surface area (Å²) in [7, 11) is 0. The van der Waals surface area contributed by atoms with E-state index >= 15 is 0 Å². The molecule has 0 aromatic rings. The van der Waals surface area contributed by atoms with Gasteiger partial charge in [0.15, 0.2) is 0 Å². The number of allylic oxidation sites excluding steroid dienone is 5. The summed E-state index contributed by atoms with van der Waals surface area (Å²) in [5.41, 5.74) is 6.02. The van der Waals surface area contributed by atoms with Crippen LogP contribution < -0.4 is 16.4 Å². The SMILES string of the molecule is NC1=CC(CNC(=O)C2(C(=O)NC3=CCC(F)C=C3)CC2)CC=C1. The molecule has 0 bridgehead atoms. The molecular formula is C18H22FN3O2. The summed E-state index contributed by atoms with van der Waals surface area (Å²) in [6.45, 7) is 0.463. The molecule has 3 rings (SSSR count). The van der Waals surface area contributed by atoms with Crippen LogP contribution in [0.3, 0.4) is 0 Å². The van der Waals surface area contributed by atoms with Gasteiger partial charge in [-0.15, -0.1) is 0 Å². The Morgan fingerprint density at radius 2 is 2.04 bits per heavy atom. The number of nitrogens with two attached hydrogens (primary N) is 1. The number of alkyl halides is 1. The van der Waals surface area contributed by atoms with Crippen LogP contribution in [0.15, 0.2) is 47.9 Å². The van der Waals surface area contributed by atoms with Gasteiger partial charge in [0.25, 0.3) is 0 Å². The lowest BCUT2D eigenvalue weighted by Crippen LogP contribution is -2.44. The largest absolute Gasteiger partial charge is 0.399 e. The van der Waals surface area contributed by atoms with Gasteiger partial charge in [-0.05, 0) is 43.4 Å². The van der Waals surface area contributed by atoms with Crippen LogP contribution in [0.5, 0.6) is 0 Å². The third-order valence-electron chi connectivity index (χ3n) is 4.63. The van der Waals surface area contributed by atoms with Crippen molar-refractivity contribution in [2.45, 2.75) is 31.9 Å². The van der Waals surface area contributed by atoms with E-state index in [1.807, 2.05) is 18.2 Å². The van der Waals surface area contributed by atoms with Crippen molar-refractivity contribution in [2.24, 2.45) is 17.1 Å². The Labute approximate surface area is 140 Å². The molecule has 3 aliphatic rings. The van der Waals surface area contributed by atoms with Crippen molar-refractivity contribution in [3.63, 3.8) is 0 Å². The maximum absolute atomic E-state index is 13.0. The first-order valence-electron chi connectivity index (χ1n) is 8.26. The molecule has 2 atom stereocenters. The molecule has 2 amide bonds. The highest BCUT2D eigenvalue weighted by Gasteiger charge is 2.56. The van der Waals surface area contributed by atoms with Gasteiger partial charge in [0.1, 0.15) is 11.6 Å². The van der Waals surface area contributed by atoms with E-state index in [0.717, 1.165) is 6.42 Å². The smallest absolute Gasteiger partial charge is 0.240 e. The van der Waals surface area contributed by atoms with Gasteiger partial charge in [0.05, 0.1) is 0 Å². The predicted octanol–water partition coefficient (Wildman–Crippen LogP) is 1.60. The van der Waals surface area contributed by atoms with E-state index in [0.29, 0.717) is 30.8 Å². The molecule has 128 valence electrons. The summed E-state index contributed by atoms with van der Waals surface area (Å²) in [6, 6.07) is 0. The summed E-state index contributed by atoms with van der Waals surface area (Å²) < 4.78 is 13.0. The minimum Gasteiger partial charge on any atom is -0.399 e. The standard InChI is InChI=1S/C18H22FN3O2/c19-13-4-6-15(7-5-13)22-17(24)18(8-9-18)16(23)21-11-12-2-1-3-14(20)10-12/h1,3-4,6-7,10,12-13H,2,5,8-9,11,20H2,(H,21,23)(H,22,24). The van der Waals surface area contributed by atoms with Crippen LogP contribution in [-0.4, -0.2) is 24.5 Å². The minimum atomic E-state index is -1.01. The lowest BCUT2D eigenvalue weighted by atomic mass is 9.98. The molecular weight excluding hydrogens is 309 g/mol. The number of hydrogen-bond acceptors (Lipinski definition) is 3. The first-order valence-corrected chi connectivity index (χ1v) is 8.26. The number of rotatable bonds is 5. The fourth-order valence-corrected chi connectivity index (χ4v) is 2.93. The molecule has 24 heavy (non-hydrogen) atoms. The number of carbonyl (C=O) groups excluding carboxylic acids is 2. The van der Waals surface area contributed by atoms with Crippen LogP contribution in [0.4, 0.5) is 4.39 Å². The number of carbonyl (C=O) groups is 2. The molecule has 0 aliphatic heterocycles. The molecule has 1 saturated carbocycles. The zero-order valence-electron chi connectivity index (χ0n) is 13.4. The molecule has 0 radical (unpaired) electrons. The van der Waals surface area contributed by atoms with Crippen molar-refractivity contribution in [3.05, 3.63) is 47.9 Å². The maximum atomic E-state index is 13.0. The monoisotopic (exact) mass is 331 g/mol. The second kappa shape index (κ2) is 6.63. The fraction of sp³-hybridized carbons (Fsp3) is 0.444. The lowest BCUT2D eigenvalue weighted by molar-refractivity contribution is -0.136. The highest BCUT2D eigenvalue weighted by atomic mass is 19.1. The Kier molecular flexibility index (Phi) is 4.55. The van der Waals surface area contributed by atoms with Gasteiger partial charge in [0.2, 0.25) is 11.8 Å². The zero-order valence-corrected chi connectivity index (χ0v) is 13.4. The van der Waals surface area contributed by atoms with Gasteiger partial charge in [-0.25, -0.2) is 4.39 Å².